The molecule has 1 N–H and O–H groups in total. The van der Waals surface area contributed by atoms with E-state index in [4.69, 9.17) is 0 Å². The van der Waals surface area contributed by atoms with E-state index in [2.05, 4.69) is 119 Å². The second kappa shape index (κ2) is 18.4. The summed E-state index contributed by atoms with van der Waals surface area (Å²) < 4.78 is 0. The number of benzene rings is 1. The van der Waals surface area contributed by atoms with Crippen molar-refractivity contribution >= 4 is 0 Å². The lowest BCUT2D eigenvalue weighted by molar-refractivity contribution is 0.395. The van der Waals surface area contributed by atoms with Crippen LogP contribution >= 0.6 is 0 Å². The standard InChI is InChI=1S/C43H61N/c1-6-8-10-18-36-19-15-20-37(31-36)21-16-26-43(42-25-14-11-17-33(42)3)34(4)27-28-38(22-9-7-2)35(5)44-41-30-29-39-23-12-13-24-40(39)32-41/h12-15,19-20,23-25,28-31,34-35,39-41,44H,3,6-11,16-18,21-22,26-27,32H2,1-2,4-5H3/b38-28-,43-42+. The van der Waals surface area contributed by atoms with Crippen LogP contribution in [0.4, 0.5) is 0 Å². The molecule has 0 bridgehead atoms. The van der Waals surface area contributed by atoms with Gasteiger partial charge in [-0.2, -0.15) is 0 Å². The molecule has 0 amide bonds. The average molecular weight is 592 g/mol. The maximum atomic E-state index is 4.52. The Morgan fingerprint density at radius 2 is 1.70 bits per heavy atom. The minimum absolute atomic E-state index is 0.397. The van der Waals surface area contributed by atoms with Crippen molar-refractivity contribution in [3.63, 3.8) is 0 Å². The first-order chi connectivity index (χ1) is 21.5. The monoisotopic (exact) mass is 591 g/mol. The molecule has 0 aromatic heterocycles. The SMILES string of the molecule is C=C1CCC=C/C1=C(/CCCc1cccc(CCCCC)c1)C(C)C/C=C(/CCCC)C(C)NC1C=CC2C=CC=CC2C1. The van der Waals surface area contributed by atoms with Crippen molar-refractivity contribution in [3.05, 3.63) is 119 Å². The first kappa shape index (κ1) is 34.2. The number of aryl methyl sites for hydroxylation is 2. The van der Waals surface area contributed by atoms with E-state index in [9.17, 15) is 0 Å². The second-order valence-corrected chi connectivity index (χ2v) is 13.8. The van der Waals surface area contributed by atoms with Gasteiger partial charge in [-0.3, -0.25) is 0 Å². The number of allylic oxidation sites excluding steroid dienone is 11. The lowest BCUT2D eigenvalue weighted by atomic mass is 9.79. The molecular formula is C43H61N. The molecule has 0 fully saturated rings. The van der Waals surface area contributed by atoms with Crippen molar-refractivity contribution in [3.8, 4) is 0 Å². The maximum absolute atomic E-state index is 4.52. The van der Waals surface area contributed by atoms with Gasteiger partial charge >= 0.3 is 0 Å². The quantitative estimate of drug-likeness (QED) is 0.140. The predicted octanol–water partition coefficient (Wildman–Crippen LogP) is 11.8. The summed E-state index contributed by atoms with van der Waals surface area (Å²) in [7, 11) is 0. The van der Waals surface area contributed by atoms with E-state index >= 15 is 0 Å². The Morgan fingerprint density at radius 1 is 0.932 bits per heavy atom. The third-order valence-corrected chi connectivity index (χ3v) is 10.2. The van der Waals surface area contributed by atoms with Crippen LogP contribution in [0.2, 0.25) is 0 Å². The van der Waals surface area contributed by atoms with Gasteiger partial charge in [0.2, 0.25) is 0 Å². The topological polar surface area (TPSA) is 12.0 Å². The number of nitrogens with one attached hydrogen (secondary N) is 1. The zero-order chi connectivity index (χ0) is 31.1. The maximum Gasteiger partial charge on any atom is 0.0261 e. The molecule has 238 valence electrons. The summed E-state index contributed by atoms with van der Waals surface area (Å²) in [5.41, 5.74) is 9.01. The number of rotatable bonds is 17. The van der Waals surface area contributed by atoms with E-state index < -0.39 is 0 Å². The zero-order valence-electron chi connectivity index (χ0n) is 28.5. The fourth-order valence-corrected chi connectivity index (χ4v) is 7.34. The van der Waals surface area contributed by atoms with Gasteiger partial charge in [-0.1, -0.05) is 137 Å². The van der Waals surface area contributed by atoms with Crippen LogP contribution in [0.1, 0.15) is 116 Å². The van der Waals surface area contributed by atoms with Gasteiger partial charge in [-0.15, -0.1) is 0 Å². The van der Waals surface area contributed by atoms with Gasteiger partial charge < -0.3 is 5.32 Å². The normalized spacial score (nSPS) is 24.0. The molecule has 3 aliphatic carbocycles. The Morgan fingerprint density at radius 3 is 2.48 bits per heavy atom. The van der Waals surface area contributed by atoms with Crippen LogP contribution < -0.4 is 5.32 Å². The summed E-state index contributed by atoms with van der Waals surface area (Å²) in [5.74, 6) is 1.73. The molecule has 1 nitrogen and oxygen atoms in total. The Labute approximate surface area is 271 Å². The third-order valence-electron chi connectivity index (χ3n) is 10.2. The summed E-state index contributed by atoms with van der Waals surface area (Å²) >= 11 is 0. The predicted molar refractivity (Wildman–Crippen MR) is 194 cm³/mol. The largest absolute Gasteiger partial charge is 0.304 e. The minimum atomic E-state index is 0.397. The average Bonchev–Trinajstić information content (AvgIpc) is 3.04. The lowest BCUT2D eigenvalue weighted by Crippen LogP contribution is -2.40. The van der Waals surface area contributed by atoms with Crippen LogP contribution in [0.15, 0.2) is 108 Å². The van der Waals surface area contributed by atoms with Gasteiger partial charge in [0.1, 0.15) is 0 Å². The highest BCUT2D eigenvalue weighted by atomic mass is 14.9. The van der Waals surface area contributed by atoms with E-state index in [1.807, 2.05) is 0 Å². The first-order valence-electron chi connectivity index (χ1n) is 18.1. The molecule has 1 heteroatoms. The molecule has 44 heavy (non-hydrogen) atoms. The molecule has 0 heterocycles. The summed E-state index contributed by atoms with van der Waals surface area (Å²) in [4.78, 5) is 0. The number of hydrogen-bond donors (Lipinski definition) is 1. The van der Waals surface area contributed by atoms with Crippen molar-refractivity contribution in [1.82, 2.24) is 5.32 Å². The number of fused-ring (bicyclic) bond motifs is 1. The van der Waals surface area contributed by atoms with Gasteiger partial charge in [0.15, 0.2) is 0 Å². The van der Waals surface area contributed by atoms with Gasteiger partial charge in [0.25, 0.3) is 0 Å². The zero-order valence-corrected chi connectivity index (χ0v) is 28.5. The lowest BCUT2D eigenvalue weighted by Gasteiger charge is -2.32. The van der Waals surface area contributed by atoms with Crippen LogP contribution in [0, 0.1) is 17.8 Å². The Bertz CT molecular complexity index is 1230. The van der Waals surface area contributed by atoms with Crippen LogP contribution in [0.25, 0.3) is 0 Å². The molecule has 1 aromatic carbocycles. The number of unbranched alkanes of at least 4 members (excludes halogenated alkanes) is 3. The molecule has 0 spiro atoms. The third kappa shape index (κ3) is 10.5. The van der Waals surface area contributed by atoms with Crippen molar-refractivity contribution in [2.45, 2.75) is 130 Å². The molecule has 5 unspecified atom stereocenters. The Balaban J connectivity index is 1.42. The van der Waals surface area contributed by atoms with Gasteiger partial charge in [-0.25, -0.2) is 0 Å². The fraction of sp³-hybridized carbons (Fsp3) is 0.535. The number of hydrogen-bond acceptors (Lipinski definition) is 1. The first-order valence-corrected chi connectivity index (χ1v) is 18.1. The smallest absolute Gasteiger partial charge is 0.0261 e. The molecule has 0 radical (unpaired) electrons. The van der Waals surface area contributed by atoms with Crippen molar-refractivity contribution in [1.29, 1.82) is 0 Å². The van der Waals surface area contributed by atoms with E-state index in [0.717, 1.165) is 32.1 Å². The van der Waals surface area contributed by atoms with E-state index in [1.54, 1.807) is 11.1 Å². The molecule has 0 saturated carbocycles. The fourth-order valence-electron chi connectivity index (χ4n) is 7.34. The molecule has 0 aliphatic heterocycles. The summed E-state index contributed by atoms with van der Waals surface area (Å²) in [5, 5.41) is 4.01. The van der Waals surface area contributed by atoms with E-state index in [0.29, 0.717) is 29.8 Å². The van der Waals surface area contributed by atoms with Crippen LogP contribution in [-0.4, -0.2) is 12.1 Å². The van der Waals surface area contributed by atoms with E-state index in [1.165, 1.54) is 80.1 Å². The van der Waals surface area contributed by atoms with Crippen LogP contribution in [-0.2, 0) is 12.8 Å². The van der Waals surface area contributed by atoms with Crippen molar-refractivity contribution < 1.29 is 0 Å². The molecule has 1 aromatic rings. The Hall–Kier alpha value is -2.64. The van der Waals surface area contributed by atoms with E-state index in [-0.39, 0.29) is 0 Å². The van der Waals surface area contributed by atoms with Crippen LogP contribution in [0.3, 0.4) is 0 Å². The molecule has 5 atom stereocenters. The molecular weight excluding hydrogens is 530 g/mol. The highest BCUT2D eigenvalue weighted by Gasteiger charge is 2.25. The second-order valence-electron chi connectivity index (χ2n) is 13.8. The summed E-state index contributed by atoms with van der Waals surface area (Å²) in [6.45, 7) is 14.0. The van der Waals surface area contributed by atoms with Gasteiger partial charge in [0.05, 0.1) is 0 Å². The summed E-state index contributed by atoms with van der Waals surface area (Å²) in [6.07, 6.45) is 38.2. The molecule has 3 aliphatic rings. The van der Waals surface area contributed by atoms with Gasteiger partial charge in [0, 0.05) is 18.0 Å². The highest BCUT2D eigenvalue weighted by Crippen LogP contribution is 2.34. The minimum Gasteiger partial charge on any atom is -0.304 e. The van der Waals surface area contributed by atoms with Crippen molar-refractivity contribution in [2.24, 2.45) is 17.8 Å². The summed E-state index contributed by atoms with van der Waals surface area (Å²) in [6, 6.07) is 10.2. The molecule has 0 saturated heterocycles. The highest BCUT2D eigenvalue weighted by molar-refractivity contribution is 5.45. The molecule has 4 rings (SSSR count). The Kier molecular flexibility index (Phi) is 14.3. The van der Waals surface area contributed by atoms with Crippen LogP contribution in [0.5, 0.6) is 0 Å². The van der Waals surface area contributed by atoms with Gasteiger partial charge in [-0.05, 0) is 112 Å². The van der Waals surface area contributed by atoms with Crippen molar-refractivity contribution in [2.75, 3.05) is 0 Å².